The van der Waals surface area contributed by atoms with E-state index in [0.29, 0.717) is 18.7 Å². The van der Waals surface area contributed by atoms with E-state index < -0.39 is 11.7 Å². The predicted molar refractivity (Wildman–Crippen MR) is 85.3 cm³/mol. The fourth-order valence-electron chi connectivity index (χ4n) is 1.61. The molecule has 0 atom stereocenters. The van der Waals surface area contributed by atoms with E-state index >= 15 is 0 Å². The molecule has 21 heavy (non-hydrogen) atoms. The Morgan fingerprint density at radius 1 is 1.38 bits per heavy atom. The third kappa shape index (κ3) is 6.70. The SMILES string of the molecule is COc1ccc(C=CCCNC(=O)OC(C)(C)C)c(N)c1. The molecule has 0 saturated heterocycles. The van der Waals surface area contributed by atoms with Crippen molar-refractivity contribution in [3.63, 3.8) is 0 Å². The average molecular weight is 292 g/mol. The van der Waals surface area contributed by atoms with E-state index in [0.717, 1.165) is 11.3 Å². The number of carbonyl (C=O) groups excluding carboxylic acids is 1. The van der Waals surface area contributed by atoms with Crippen LogP contribution in [0.1, 0.15) is 32.8 Å². The normalized spacial score (nSPS) is 11.4. The van der Waals surface area contributed by atoms with Crippen LogP contribution < -0.4 is 15.8 Å². The maximum atomic E-state index is 11.4. The number of nitrogen functional groups attached to an aromatic ring is 1. The molecule has 0 aliphatic heterocycles. The zero-order valence-electron chi connectivity index (χ0n) is 13.1. The Hall–Kier alpha value is -2.17. The van der Waals surface area contributed by atoms with Gasteiger partial charge in [0.15, 0.2) is 0 Å². The van der Waals surface area contributed by atoms with Gasteiger partial charge in [0.05, 0.1) is 7.11 Å². The highest BCUT2D eigenvalue weighted by atomic mass is 16.6. The molecular weight excluding hydrogens is 268 g/mol. The minimum absolute atomic E-state index is 0.403. The lowest BCUT2D eigenvalue weighted by molar-refractivity contribution is 0.0529. The summed E-state index contributed by atoms with van der Waals surface area (Å²) >= 11 is 0. The molecule has 5 nitrogen and oxygen atoms in total. The number of carbonyl (C=O) groups is 1. The van der Waals surface area contributed by atoms with Gasteiger partial charge >= 0.3 is 6.09 Å². The lowest BCUT2D eigenvalue weighted by Crippen LogP contribution is -2.32. The highest BCUT2D eigenvalue weighted by molar-refractivity contribution is 5.68. The van der Waals surface area contributed by atoms with Gasteiger partial charge in [0.1, 0.15) is 11.4 Å². The number of ether oxygens (including phenoxy) is 2. The number of methoxy groups -OCH3 is 1. The Kier molecular flexibility index (Phi) is 6.09. The molecule has 0 bridgehead atoms. The molecule has 116 valence electrons. The minimum Gasteiger partial charge on any atom is -0.497 e. The zero-order valence-corrected chi connectivity index (χ0v) is 13.1. The third-order valence-corrected chi connectivity index (χ3v) is 2.57. The van der Waals surface area contributed by atoms with Gasteiger partial charge in [-0.15, -0.1) is 0 Å². The summed E-state index contributed by atoms with van der Waals surface area (Å²) in [7, 11) is 1.60. The number of hydrogen-bond donors (Lipinski definition) is 2. The van der Waals surface area contributed by atoms with E-state index in [9.17, 15) is 4.79 Å². The standard InChI is InChI=1S/C16H24N2O3/c1-16(2,3)21-15(19)18-10-6-5-7-12-8-9-13(20-4)11-14(12)17/h5,7-9,11H,6,10,17H2,1-4H3,(H,18,19). The van der Waals surface area contributed by atoms with Gasteiger partial charge in [-0.25, -0.2) is 4.79 Å². The summed E-state index contributed by atoms with van der Waals surface area (Å²) in [4.78, 5) is 11.4. The second-order valence-corrected chi connectivity index (χ2v) is 5.61. The summed E-state index contributed by atoms with van der Waals surface area (Å²) < 4.78 is 10.2. The van der Waals surface area contributed by atoms with Crippen molar-refractivity contribution < 1.29 is 14.3 Å². The van der Waals surface area contributed by atoms with Crippen LogP contribution in [-0.4, -0.2) is 25.3 Å². The molecule has 1 aromatic rings. The number of hydrogen-bond acceptors (Lipinski definition) is 4. The Balaban J connectivity index is 2.37. The second-order valence-electron chi connectivity index (χ2n) is 5.61. The Morgan fingerprint density at radius 3 is 2.67 bits per heavy atom. The van der Waals surface area contributed by atoms with Gasteiger partial charge in [0.25, 0.3) is 0 Å². The maximum absolute atomic E-state index is 11.4. The first-order chi connectivity index (χ1) is 9.81. The van der Waals surface area contributed by atoms with Crippen LogP contribution in [0.25, 0.3) is 6.08 Å². The van der Waals surface area contributed by atoms with Crippen LogP contribution in [0.15, 0.2) is 24.3 Å². The van der Waals surface area contributed by atoms with E-state index in [1.54, 1.807) is 13.2 Å². The Labute approximate surface area is 126 Å². The lowest BCUT2D eigenvalue weighted by Gasteiger charge is -2.19. The number of anilines is 1. The number of alkyl carbamates (subject to hydrolysis) is 1. The fraction of sp³-hybridized carbons (Fsp3) is 0.438. The van der Waals surface area contributed by atoms with Crippen LogP contribution in [0.3, 0.4) is 0 Å². The number of nitrogens with two attached hydrogens (primary N) is 1. The zero-order chi connectivity index (χ0) is 15.9. The van der Waals surface area contributed by atoms with Crippen LogP contribution >= 0.6 is 0 Å². The molecule has 0 aliphatic rings. The van der Waals surface area contributed by atoms with Crippen LogP contribution in [0.2, 0.25) is 0 Å². The molecule has 0 radical (unpaired) electrons. The van der Waals surface area contributed by atoms with Crippen LogP contribution in [0, 0.1) is 0 Å². The Morgan fingerprint density at radius 2 is 2.10 bits per heavy atom. The van der Waals surface area contributed by atoms with E-state index in [-0.39, 0.29) is 0 Å². The largest absolute Gasteiger partial charge is 0.497 e. The predicted octanol–water partition coefficient (Wildman–Crippen LogP) is 3.21. The van der Waals surface area contributed by atoms with Crippen molar-refractivity contribution >= 4 is 17.9 Å². The highest BCUT2D eigenvalue weighted by Gasteiger charge is 2.15. The van der Waals surface area contributed by atoms with E-state index in [4.69, 9.17) is 15.2 Å². The fourth-order valence-corrected chi connectivity index (χ4v) is 1.61. The minimum atomic E-state index is -0.475. The molecule has 3 N–H and O–H groups in total. The van der Waals surface area contributed by atoms with Crippen molar-refractivity contribution in [2.45, 2.75) is 32.8 Å². The molecule has 0 saturated carbocycles. The van der Waals surface area contributed by atoms with Crippen molar-refractivity contribution in [3.05, 3.63) is 29.8 Å². The number of benzene rings is 1. The van der Waals surface area contributed by atoms with Gasteiger partial charge in [-0.1, -0.05) is 12.2 Å². The molecule has 1 aromatic carbocycles. The van der Waals surface area contributed by atoms with Crippen molar-refractivity contribution in [3.8, 4) is 5.75 Å². The van der Waals surface area contributed by atoms with Gasteiger partial charge < -0.3 is 20.5 Å². The van der Waals surface area contributed by atoms with Crippen molar-refractivity contribution in [2.24, 2.45) is 0 Å². The summed E-state index contributed by atoms with van der Waals surface area (Å²) in [5.74, 6) is 0.733. The van der Waals surface area contributed by atoms with E-state index in [1.807, 2.05) is 45.1 Å². The van der Waals surface area contributed by atoms with Crippen LogP contribution in [0.5, 0.6) is 5.75 Å². The number of amides is 1. The second kappa shape index (κ2) is 7.57. The molecule has 0 aromatic heterocycles. The first kappa shape index (κ1) is 16.9. The molecular formula is C16H24N2O3. The first-order valence-corrected chi connectivity index (χ1v) is 6.89. The van der Waals surface area contributed by atoms with Crippen LogP contribution in [-0.2, 0) is 4.74 Å². The van der Waals surface area contributed by atoms with Crippen molar-refractivity contribution in [1.82, 2.24) is 5.32 Å². The quantitative estimate of drug-likeness (QED) is 0.645. The first-order valence-electron chi connectivity index (χ1n) is 6.89. The van der Waals surface area contributed by atoms with Crippen molar-refractivity contribution in [1.29, 1.82) is 0 Å². The molecule has 0 heterocycles. The third-order valence-electron chi connectivity index (χ3n) is 2.57. The van der Waals surface area contributed by atoms with Crippen molar-refractivity contribution in [2.75, 3.05) is 19.4 Å². The summed E-state index contributed by atoms with van der Waals surface area (Å²) in [5, 5.41) is 2.69. The maximum Gasteiger partial charge on any atom is 0.407 e. The summed E-state index contributed by atoms with van der Waals surface area (Å²) in [6, 6.07) is 5.53. The molecule has 0 aliphatic carbocycles. The topological polar surface area (TPSA) is 73.6 Å². The average Bonchev–Trinajstić information content (AvgIpc) is 2.37. The monoisotopic (exact) mass is 292 g/mol. The van der Waals surface area contributed by atoms with Gasteiger partial charge in [0, 0.05) is 18.3 Å². The van der Waals surface area contributed by atoms with Gasteiger partial charge in [0.2, 0.25) is 0 Å². The molecule has 1 amide bonds. The smallest absolute Gasteiger partial charge is 0.407 e. The van der Waals surface area contributed by atoms with E-state index in [1.165, 1.54) is 0 Å². The summed E-state index contributed by atoms with van der Waals surface area (Å²) in [6.07, 6.45) is 4.17. The van der Waals surface area contributed by atoms with Gasteiger partial charge in [-0.05, 0) is 44.9 Å². The summed E-state index contributed by atoms with van der Waals surface area (Å²) in [5.41, 5.74) is 7.02. The highest BCUT2D eigenvalue weighted by Crippen LogP contribution is 2.20. The Bertz CT molecular complexity index is 505. The molecule has 1 rings (SSSR count). The molecule has 0 spiro atoms. The van der Waals surface area contributed by atoms with E-state index in [2.05, 4.69) is 5.32 Å². The lowest BCUT2D eigenvalue weighted by atomic mass is 10.1. The number of nitrogens with one attached hydrogen (secondary N) is 1. The molecule has 0 fully saturated rings. The van der Waals surface area contributed by atoms with Gasteiger partial charge in [-0.2, -0.15) is 0 Å². The van der Waals surface area contributed by atoms with Crippen LogP contribution in [0.4, 0.5) is 10.5 Å². The molecule has 0 unspecified atom stereocenters. The molecule has 5 heteroatoms. The van der Waals surface area contributed by atoms with Gasteiger partial charge in [-0.3, -0.25) is 0 Å². The summed E-state index contributed by atoms with van der Waals surface area (Å²) in [6.45, 7) is 6.01. The number of rotatable bonds is 5.